The van der Waals surface area contributed by atoms with Crippen LogP contribution in [0.2, 0.25) is 0 Å². The molecule has 5 aromatic carbocycles. The summed E-state index contributed by atoms with van der Waals surface area (Å²) in [6.07, 6.45) is 0. The Bertz CT molecular complexity index is 1610. The highest BCUT2D eigenvalue weighted by Crippen LogP contribution is 2.52. The van der Waals surface area contributed by atoms with Crippen LogP contribution in [0.15, 0.2) is 118 Å². The van der Waals surface area contributed by atoms with E-state index in [0.717, 1.165) is 43.1 Å². The van der Waals surface area contributed by atoms with Crippen LogP contribution < -0.4 is 9.64 Å². The molecule has 0 spiro atoms. The Kier molecular flexibility index (Phi) is 6.41. The number of hydrogen-bond acceptors (Lipinski definition) is 2. The molecule has 0 N–H and O–H groups in total. The second-order valence-corrected chi connectivity index (χ2v) is 11.9. The molecule has 0 fully saturated rings. The van der Waals surface area contributed by atoms with Gasteiger partial charge in [0.2, 0.25) is 0 Å². The van der Waals surface area contributed by atoms with E-state index in [1.165, 1.54) is 22.3 Å². The van der Waals surface area contributed by atoms with Gasteiger partial charge in [0, 0.05) is 26.9 Å². The van der Waals surface area contributed by atoms with Crippen molar-refractivity contribution in [2.45, 2.75) is 26.2 Å². The van der Waals surface area contributed by atoms with Gasteiger partial charge in [-0.1, -0.05) is 62.4 Å². The molecule has 188 valence electrons. The van der Waals surface area contributed by atoms with Gasteiger partial charge in [0.1, 0.15) is 11.5 Å². The smallest absolute Gasteiger partial charge is 0.143 e. The quantitative estimate of drug-likeness (QED) is 0.193. The number of anilines is 3. The van der Waals surface area contributed by atoms with E-state index in [0.29, 0.717) is 0 Å². The molecule has 1 aliphatic carbocycles. The van der Waals surface area contributed by atoms with Gasteiger partial charge in [0.05, 0.1) is 4.47 Å². The van der Waals surface area contributed by atoms with E-state index in [9.17, 15) is 0 Å². The summed E-state index contributed by atoms with van der Waals surface area (Å²) in [7, 11) is 0. The van der Waals surface area contributed by atoms with Crippen LogP contribution in [0.1, 0.15) is 30.5 Å². The highest BCUT2D eigenvalue weighted by Gasteiger charge is 2.36. The third kappa shape index (κ3) is 4.36. The predicted molar refractivity (Wildman–Crippen MR) is 165 cm³/mol. The van der Waals surface area contributed by atoms with Crippen LogP contribution >= 0.6 is 31.9 Å². The van der Waals surface area contributed by atoms with Gasteiger partial charge in [-0.25, -0.2) is 0 Å². The van der Waals surface area contributed by atoms with E-state index in [-0.39, 0.29) is 5.41 Å². The zero-order chi connectivity index (χ0) is 26.4. The zero-order valence-corrected chi connectivity index (χ0v) is 24.7. The minimum absolute atomic E-state index is 0.134. The van der Waals surface area contributed by atoms with E-state index in [4.69, 9.17) is 4.74 Å². The Morgan fingerprint density at radius 1 is 0.632 bits per heavy atom. The first-order valence-electron chi connectivity index (χ1n) is 12.7. The van der Waals surface area contributed by atoms with Crippen molar-refractivity contribution in [1.29, 1.82) is 0 Å². The average Bonchev–Trinajstić information content (AvgIpc) is 3.14. The molecule has 0 unspecified atom stereocenters. The molecule has 5 aromatic rings. The Labute approximate surface area is 241 Å². The molecule has 1 aliphatic rings. The average molecular weight is 625 g/mol. The lowest BCUT2D eigenvalue weighted by atomic mass is 9.82. The number of para-hydroxylation sites is 2. The standard InChI is InChI=1S/C34H27Br2NO/c1-22-18-31(35)33(36)32(19-22)38-26-15-17-29-28(21-26)27-16-14-25(20-30(27)34(29,2)3)37(23-10-6-4-7-11-23)24-12-8-5-9-13-24/h4-21H,1-3H3. The molecule has 0 heterocycles. The van der Waals surface area contributed by atoms with Crippen molar-refractivity contribution in [3.05, 3.63) is 135 Å². The van der Waals surface area contributed by atoms with Crippen LogP contribution in [-0.4, -0.2) is 0 Å². The fourth-order valence-electron chi connectivity index (χ4n) is 5.42. The number of rotatable bonds is 5. The number of benzene rings is 5. The second kappa shape index (κ2) is 9.76. The monoisotopic (exact) mass is 623 g/mol. The summed E-state index contributed by atoms with van der Waals surface area (Å²) >= 11 is 7.28. The third-order valence-corrected chi connectivity index (χ3v) is 9.26. The van der Waals surface area contributed by atoms with Crippen molar-refractivity contribution < 1.29 is 4.74 Å². The number of nitrogens with zero attached hydrogens (tertiary/aromatic N) is 1. The van der Waals surface area contributed by atoms with Crippen LogP contribution in [0.3, 0.4) is 0 Å². The van der Waals surface area contributed by atoms with Crippen molar-refractivity contribution >= 4 is 48.9 Å². The molecule has 0 aliphatic heterocycles. The summed E-state index contributed by atoms with van der Waals surface area (Å²) in [5.74, 6) is 1.62. The van der Waals surface area contributed by atoms with E-state index >= 15 is 0 Å². The SMILES string of the molecule is Cc1cc(Br)c(Br)c(Oc2ccc3c(c2)-c2ccc(N(c4ccccc4)c4ccccc4)cc2C3(C)C)c1. The van der Waals surface area contributed by atoms with Crippen molar-refractivity contribution in [3.8, 4) is 22.6 Å². The molecule has 0 saturated carbocycles. The minimum atomic E-state index is -0.134. The van der Waals surface area contributed by atoms with Gasteiger partial charge in [-0.3, -0.25) is 0 Å². The van der Waals surface area contributed by atoms with E-state index < -0.39 is 0 Å². The maximum absolute atomic E-state index is 6.37. The molecule has 0 saturated heterocycles. The fraction of sp³-hybridized carbons (Fsp3) is 0.118. The molecule has 6 rings (SSSR count). The van der Waals surface area contributed by atoms with Gasteiger partial charge in [0.15, 0.2) is 0 Å². The van der Waals surface area contributed by atoms with Crippen LogP contribution in [0, 0.1) is 6.92 Å². The van der Waals surface area contributed by atoms with E-state index in [1.54, 1.807) is 0 Å². The number of aryl methyl sites for hydroxylation is 1. The maximum Gasteiger partial charge on any atom is 0.143 e. The largest absolute Gasteiger partial charge is 0.456 e. The molecular weight excluding hydrogens is 598 g/mol. The zero-order valence-electron chi connectivity index (χ0n) is 21.5. The summed E-state index contributed by atoms with van der Waals surface area (Å²) in [6, 6.07) is 38.5. The van der Waals surface area contributed by atoms with E-state index in [1.807, 2.05) is 6.07 Å². The fourth-order valence-corrected chi connectivity index (χ4v) is 6.28. The molecule has 38 heavy (non-hydrogen) atoms. The van der Waals surface area contributed by atoms with Crippen molar-refractivity contribution in [1.82, 2.24) is 0 Å². The second-order valence-electron chi connectivity index (χ2n) is 10.2. The summed E-state index contributed by atoms with van der Waals surface area (Å²) in [6.45, 7) is 6.69. The third-order valence-electron chi connectivity index (χ3n) is 7.29. The van der Waals surface area contributed by atoms with Gasteiger partial charge in [0.25, 0.3) is 0 Å². The lowest BCUT2D eigenvalue weighted by Gasteiger charge is -2.28. The van der Waals surface area contributed by atoms with Gasteiger partial charge in [-0.15, -0.1) is 0 Å². The van der Waals surface area contributed by atoms with E-state index in [2.05, 4.69) is 161 Å². The lowest BCUT2D eigenvalue weighted by molar-refractivity contribution is 0.478. The highest BCUT2D eigenvalue weighted by atomic mass is 79.9. The van der Waals surface area contributed by atoms with Crippen LogP contribution in [0.4, 0.5) is 17.1 Å². The molecule has 2 nitrogen and oxygen atoms in total. The van der Waals surface area contributed by atoms with Crippen molar-refractivity contribution in [3.63, 3.8) is 0 Å². The summed E-state index contributed by atoms with van der Waals surface area (Å²) in [4.78, 5) is 2.32. The Morgan fingerprint density at radius 2 is 1.29 bits per heavy atom. The van der Waals surface area contributed by atoms with Gasteiger partial charge >= 0.3 is 0 Å². The predicted octanol–water partition coefficient (Wildman–Crippen LogP) is 11.1. The summed E-state index contributed by atoms with van der Waals surface area (Å²) in [5, 5.41) is 0. The molecule has 0 radical (unpaired) electrons. The first-order chi connectivity index (χ1) is 18.3. The Balaban J connectivity index is 1.43. The highest BCUT2D eigenvalue weighted by molar-refractivity contribution is 9.13. The number of hydrogen-bond donors (Lipinski definition) is 0. The van der Waals surface area contributed by atoms with Crippen LogP contribution in [-0.2, 0) is 5.41 Å². The van der Waals surface area contributed by atoms with Crippen LogP contribution in [0.25, 0.3) is 11.1 Å². The Morgan fingerprint density at radius 3 is 1.95 bits per heavy atom. The molecule has 0 amide bonds. The Hall–Kier alpha value is -3.34. The van der Waals surface area contributed by atoms with Gasteiger partial charge in [-0.2, -0.15) is 0 Å². The molecular formula is C34H27Br2NO. The molecule has 0 bridgehead atoms. The topological polar surface area (TPSA) is 12.5 Å². The van der Waals surface area contributed by atoms with Crippen LogP contribution in [0.5, 0.6) is 11.5 Å². The van der Waals surface area contributed by atoms with Gasteiger partial charge in [-0.05, 0) is 127 Å². The first kappa shape index (κ1) is 25.0. The lowest BCUT2D eigenvalue weighted by Crippen LogP contribution is -2.16. The summed E-state index contributed by atoms with van der Waals surface area (Å²) < 4.78 is 8.27. The van der Waals surface area contributed by atoms with Crippen molar-refractivity contribution in [2.24, 2.45) is 0 Å². The number of fused-ring (bicyclic) bond motifs is 3. The number of ether oxygens (including phenoxy) is 1. The number of halogens is 2. The molecule has 4 heteroatoms. The minimum Gasteiger partial charge on any atom is -0.456 e. The molecule has 0 atom stereocenters. The summed E-state index contributed by atoms with van der Waals surface area (Å²) in [5.41, 5.74) is 9.53. The van der Waals surface area contributed by atoms with Gasteiger partial charge < -0.3 is 9.64 Å². The normalized spacial score (nSPS) is 13.1. The molecule has 0 aromatic heterocycles. The first-order valence-corrected chi connectivity index (χ1v) is 14.2. The van der Waals surface area contributed by atoms with Crippen molar-refractivity contribution in [2.75, 3.05) is 4.90 Å². The maximum atomic E-state index is 6.37.